The Labute approximate surface area is 115 Å². The molecule has 2 aromatic heterocycles. The van der Waals surface area contributed by atoms with Crippen LogP contribution in [-0.4, -0.2) is 27.6 Å². The lowest BCUT2D eigenvalue weighted by Crippen LogP contribution is -2.14. The molecular weight excluding hydrogens is 266 g/mol. The van der Waals surface area contributed by atoms with E-state index in [1.807, 2.05) is 6.92 Å². The number of carbonyl (C=O) groups excluding carboxylic acids is 1. The van der Waals surface area contributed by atoms with Gasteiger partial charge < -0.3 is 10.6 Å². The van der Waals surface area contributed by atoms with Crippen molar-refractivity contribution in [1.82, 2.24) is 15.2 Å². The number of pyridine rings is 1. The number of hydrogen-bond acceptors (Lipinski definition) is 5. The molecule has 0 aliphatic carbocycles. The summed E-state index contributed by atoms with van der Waals surface area (Å²) in [5, 5.41) is 13.3. The van der Waals surface area contributed by atoms with Crippen LogP contribution in [-0.2, 0) is 0 Å². The summed E-state index contributed by atoms with van der Waals surface area (Å²) < 4.78 is 0. The molecule has 1 amide bonds. The molecule has 0 saturated heterocycles. The summed E-state index contributed by atoms with van der Waals surface area (Å²) in [4.78, 5) is 16.1. The molecule has 2 N–H and O–H groups in total. The topological polar surface area (TPSA) is 79.8 Å². The highest BCUT2D eigenvalue weighted by molar-refractivity contribution is 6.30. The number of amides is 1. The van der Waals surface area contributed by atoms with Crippen LogP contribution in [0.15, 0.2) is 30.5 Å². The molecule has 0 spiro atoms. The van der Waals surface area contributed by atoms with E-state index < -0.39 is 0 Å². The number of nitrogens with one attached hydrogen (secondary N) is 2. The number of carbonyl (C=O) groups is 1. The van der Waals surface area contributed by atoms with Gasteiger partial charge in [0.2, 0.25) is 0 Å². The molecule has 0 bridgehead atoms. The lowest BCUT2D eigenvalue weighted by atomic mass is 10.2. The number of halogens is 1. The summed E-state index contributed by atoms with van der Waals surface area (Å²) in [6.07, 6.45) is 1.53. The zero-order valence-corrected chi connectivity index (χ0v) is 11.0. The Hall–Kier alpha value is -2.21. The van der Waals surface area contributed by atoms with E-state index in [4.69, 9.17) is 11.6 Å². The third-order valence-electron chi connectivity index (χ3n) is 2.23. The average molecular weight is 278 g/mol. The van der Waals surface area contributed by atoms with Gasteiger partial charge in [-0.15, -0.1) is 5.10 Å². The van der Waals surface area contributed by atoms with Crippen molar-refractivity contribution in [2.75, 3.05) is 17.2 Å². The molecule has 0 saturated carbocycles. The highest BCUT2D eigenvalue weighted by Crippen LogP contribution is 2.15. The molecule has 2 aromatic rings. The van der Waals surface area contributed by atoms with Gasteiger partial charge >= 0.3 is 0 Å². The van der Waals surface area contributed by atoms with Gasteiger partial charge in [0.05, 0.1) is 0 Å². The molecule has 19 heavy (non-hydrogen) atoms. The number of anilines is 2. The van der Waals surface area contributed by atoms with Crippen molar-refractivity contribution in [2.45, 2.75) is 6.92 Å². The smallest absolute Gasteiger partial charge is 0.257 e. The molecule has 0 fully saturated rings. The van der Waals surface area contributed by atoms with Gasteiger partial charge in [-0.3, -0.25) is 4.79 Å². The normalized spacial score (nSPS) is 10.0. The highest BCUT2D eigenvalue weighted by Gasteiger charge is 2.10. The summed E-state index contributed by atoms with van der Waals surface area (Å²) in [6.45, 7) is 2.63. The SMILES string of the molecule is CCNc1cc(C(=O)Nc2cccnn2)cc(Cl)n1. The number of aromatic nitrogens is 3. The van der Waals surface area contributed by atoms with Crippen molar-refractivity contribution in [3.63, 3.8) is 0 Å². The van der Waals surface area contributed by atoms with E-state index in [0.29, 0.717) is 23.7 Å². The lowest BCUT2D eigenvalue weighted by molar-refractivity contribution is 0.102. The molecule has 0 aliphatic rings. The van der Waals surface area contributed by atoms with Crippen molar-refractivity contribution in [1.29, 1.82) is 0 Å². The molecule has 0 aromatic carbocycles. The molecule has 2 rings (SSSR count). The highest BCUT2D eigenvalue weighted by atomic mass is 35.5. The van der Waals surface area contributed by atoms with E-state index in [2.05, 4.69) is 25.8 Å². The summed E-state index contributed by atoms with van der Waals surface area (Å²) >= 11 is 5.87. The van der Waals surface area contributed by atoms with Crippen LogP contribution in [0.5, 0.6) is 0 Å². The number of hydrogen-bond donors (Lipinski definition) is 2. The number of rotatable bonds is 4. The first kappa shape index (κ1) is 13.2. The van der Waals surface area contributed by atoms with Crippen LogP contribution in [0.4, 0.5) is 11.6 Å². The minimum Gasteiger partial charge on any atom is -0.370 e. The Morgan fingerprint density at radius 3 is 2.89 bits per heavy atom. The van der Waals surface area contributed by atoms with Gasteiger partial charge in [0.1, 0.15) is 11.0 Å². The maximum Gasteiger partial charge on any atom is 0.257 e. The van der Waals surface area contributed by atoms with Gasteiger partial charge in [0, 0.05) is 18.3 Å². The van der Waals surface area contributed by atoms with Crippen LogP contribution in [0.1, 0.15) is 17.3 Å². The van der Waals surface area contributed by atoms with Gasteiger partial charge in [0.25, 0.3) is 5.91 Å². The summed E-state index contributed by atoms with van der Waals surface area (Å²) in [6, 6.07) is 6.46. The Bertz CT molecular complexity index is 576. The van der Waals surface area contributed by atoms with Gasteiger partial charge in [-0.05, 0) is 31.2 Å². The molecule has 98 valence electrons. The first-order valence-electron chi connectivity index (χ1n) is 5.69. The van der Waals surface area contributed by atoms with E-state index in [1.165, 1.54) is 12.3 Å². The fourth-order valence-corrected chi connectivity index (χ4v) is 1.66. The number of nitrogens with zero attached hydrogens (tertiary/aromatic N) is 3. The molecule has 7 heteroatoms. The van der Waals surface area contributed by atoms with Crippen LogP contribution >= 0.6 is 11.6 Å². The minimum absolute atomic E-state index is 0.253. The predicted octanol–water partition coefficient (Wildman–Crippen LogP) is 2.21. The fourth-order valence-electron chi connectivity index (χ4n) is 1.46. The first-order valence-corrected chi connectivity index (χ1v) is 6.07. The molecule has 0 radical (unpaired) electrons. The molecular formula is C12H12ClN5O. The average Bonchev–Trinajstić information content (AvgIpc) is 2.39. The lowest BCUT2D eigenvalue weighted by Gasteiger charge is -2.07. The Kier molecular flexibility index (Phi) is 4.25. The van der Waals surface area contributed by atoms with Crippen molar-refractivity contribution >= 4 is 29.1 Å². The first-order chi connectivity index (χ1) is 9.19. The minimum atomic E-state index is -0.316. The zero-order valence-electron chi connectivity index (χ0n) is 10.2. The fraction of sp³-hybridized carbons (Fsp3) is 0.167. The maximum atomic E-state index is 12.0. The quantitative estimate of drug-likeness (QED) is 0.838. The molecule has 2 heterocycles. The molecule has 0 aliphatic heterocycles. The van der Waals surface area contributed by atoms with Crippen LogP contribution in [0.2, 0.25) is 5.15 Å². The van der Waals surface area contributed by atoms with Gasteiger partial charge in [0.15, 0.2) is 5.82 Å². The second-order valence-corrected chi connectivity index (χ2v) is 4.04. The summed E-state index contributed by atoms with van der Waals surface area (Å²) in [5.41, 5.74) is 0.404. The Balaban J connectivity index is 2.19. The van der Waals surface area contributed by atoms with Crippen molar-refractivity contribution in [3.05, 3.63) is 41.2 Å². The van der Waals surface area contributed by atoms with Gasteiger partial charge in [-0.1, -0.05) is 11.6 Å². The molecule has 0 atom stereocenters. The van der Waals surface area contributed by atoms with Crippen LogP contribution in [0.3, 0.4) is 0 Å². The Morgan fingerprint density at radius 1 is 1.37 bits per heavy atom. The van der Waals surface area contributed by atoms with Crippen LogP contribution in [0, 0.1) is 0 Å². The van der Waals surface area contributed by atoms with E-state index in [-0.39, 0.29) is 11.1 Å². The van der Waals surface area contributed by atoms with E-state index >= 15 is 0 Å². The van der Waals surface area contributed by atoms with Crippen molar-refractivity contribution in [3.8, 4) is 0 Å². The van der Waals surface area contributed by atoms with E-state index in [0.717, 1.165) is 0 Å². The molecule has 0 unspecified atom stereocenters. The van der Waals surface area contributed by atoms with Crippen molar-refractivity contribution < 1.29 is 4.79 Å². The largest absolute Gasteiger partial charge is 0.370 e. The monoisotopic (exact) mass is 277 g/mol. The zero-order chi connectivity index (χ0) is 13.7. The van der Waals surface area contributed by atoms with E-state index in [1.54, 1.807) is 18.2 Å². The predicted molar refractivity (Wildman–Crippen MR) is 73.4 cm³/mol. The van der Waals surface area contributed by atoms with Crippen molar-refractivity contribution in [2.24, 2.45) is 0 Å². The third-order valence-corrected chi connectivity index (χ3v) is 2.42. The summed E-state index contributed by atoms with van der Waals surface area (Å²) in [7, 11) is 0. The van der Waals surface area contributed by atoms with Gasteiger partial charge in [-0.25, -0.2) is 4.98 Å². The molecule has 6 nitrogen and oxygen atoms in total. The maximum absolute atomic E-state index is 12.0. The van der Waals surface area contributed by atoms with Gasteiger partial charge in [-0.2, -0.15) is 5.10 Å². The van der Waals surface area contributed by atoms with E-state index in [9.17, 15) is 4.79 Å². The third kappa shape index (κ3) is 3.62. The van der Waals surface area contributed by atoms with Crippen LogP contribution in [0.25, 0.3) is 0 Å². The standard InChI is InChI=1S/C12H12ClN5O/c1-2-14-11-7-8(6-9(13)16-11)12(19)17-10-4-3-5-15-18-10/h3-7H,2H2,1H3,(H,14,16)(H,17,18,19). The van der Waals surface area contributed by atoms with Crippen LogP contribution < -0.4 is 10.6 Å². The second-order valence-electron chi connectivity index (χ2n) is 3.66. The Morgan fingerprint density at radius 2 is 2.21 bits per heavy atom. The second kappa shape index (κ2) is 6.10. The summed E-state index contributed by atoms with van der Waals surface area (Å²) in [5.74, 6) is 0.619.